The van der Waals surface area contributed by atoms with E-state index in [9.17, 15) is 5.21 Å². The standard InChI is InChI=1S/C16H18N4O/c21-18-16(15-8-4-5-9-17-15)20-12-10-19(11-13-20)14-6-2-1-3-7-14/h1-9,21H,10-13H2/b18-16-. The molecule has 1 aromatic carbocycles. The molecule has 5 nitrogen and oxygen atoms in total. The molecule has 0 spiro atoms. The van der Waals surface area contributed by atoms with Crippen molar-refractivity contribution in [1.82, 2.24) is 9.88 Å². The molecule has 1 aliphatic rings. The van der Waals surface area contributed by atoms with Crippen LogP contribution in [0, 0.1) is 0 Å². The number of oxime groups is 1. The number of piperazine rings is 1. The first-order valence-corrected chi connectivity index (χ1v) is 7.07. The van der Waals surface area contributed by atoms with E-state index in [1.807, 2.05) is 24.3 Å². The van der Waals surface area contributed by atoms with Crippen LogP contribution >= 0.6 is 0 Å². The van der Waals surface area contributed by atoms with Crippen molar-refractivity contribution in [3.63, 3.8) is 0 Å². The average molecular weight is 282 g/mol. The summed E-state index contributed by atoms with van der Waals surface area (Å²) in [6.07, 6.45) is 1.71. The van der Waals surface area contributed by atoms with Crippen LogP contribution in [0.1, 0.15) is 5.69 Å². The molecule has 0 radical (unpaired) electrons. The second-order valence-corrected chi connectivity index (χ2v) is 4.95. The predicted octanol–water partition coefficient (Wildman–Crippen LogP) is 2.04. The molecule has 0 saturated carbocycles. The SMILES string of the molecule is O/N=C(/c1ccccn1)N1CCN(c2ccccc2)CC1. The van der Waals surface area contributed by atoms with E-state index in [1.165, 1.54) is 5.69 Å². The van der Waals surface area contributed by atoms with Crippen molar-refractivity contribution in [2.24, 2.45) is 5.16 Å². The van der Waals surface area contributed by atoms with Crippen LogP contribution in [0.25, 0.3) is 0 Å². The van der Waals surface area contributed by atoms with Crippen LogP contribution in [-0.2, 0) is 0 Å². The third kappa shape index (κ3) is 2.97. The maximum Gasteiger partial charge on any atom is 0.194 e. The molecule has 1 saturated heterocycles. The highest BCUT2D eigenvalue weighted by molar-refractivity contribution is 5.96. The quantitative estimate of drug-likeness (QED) is 0.396. The third-order valence-corrected chi connectivity index (χ3v) is 3.69. The van der Waals surface area contributed by atoms with Crippen LogP contribution in [0.4, 0.5) is 5.69 Å². The zero-order chi connectivity index (χ0) is 14.5. The molecule has 1 aliphatic heterocycles. The van der Waals surface area contributed by atoms with Crippen LogP contribution in [-0.4, -0.2) is 47.1 Å². The molecule has 2 aromatic rings. The van der Waals surface area contributed by atoms with Crippen LogP contribution in [0.5, 0.6) is 0 Å². The van der Waals surface area contributed by atoms with Crippen LogP contribution in [0.2, 0.25) is 0 Å². The van der Waals surface area contributed by atoms with Crippen molar-refractivity contribution in [3.8, 4) is 0 Å². The highest BCUT2D eigenvalue weighted by atomic mass is 16.4. The number of rotatable bonds is 2. The van der Waals surface area contributed by atoms with Gasteiger partial charge in [-0.1, -0.05) is 29.4 Å². The van der Waals surface area contributed by atoms with Crippen LogP contribution < -0.4 is 4.90 Å². The topological polar surface area (TPSA) is 52.0 Å². The number of aromatic nitrogens is 1. The molecule has 3 rings (SSSR count). The Balaban J connectivity index is 1.68. The number of anilines is 1. The maximum absolute atomic E-state index is 9.31. The molecule has 0 unspecified atom stereocenters. The van der Waals surface area contributed by atoms with Crippen molar-refractivity contribution in [3.05, 3.63) is 60.4 Å². The molecule has 1 fully saturated rings. The molecule has 2 heterocycles. The minimum atomic E-state index is 0.545. The Morgan fingerprint density at radius 3 is 2.29 bits per heavy atom. The van der Waals surface area contributed by atoms with Gasteiger partial charge in [0.1, 0.15) is 5.69 Å². The fraction of sp³-hybridized carbons (Fsp3) is 0.250. The molecule has 108 valence electrons. The highest BCUT2D eigenvalue weighted by Crippen LogP contribution is 2.16. The van der Waals surface area contributed by atoms with Gasteiger partial charge >= 0.3 is 0 Å². The fourth-order valence-electron chi connectivity index (χ4n) is 2.59. The van der Waals surface area contributed by atoms with Gasteiger partial charge in [-0.15, -0.1) is 0 Å². The van der Waals surface area contributed by atoms with E-state index in [-0.39, 0.29) is 0 Å². The summed E-state index contributed by atoms with van der Waals surface area (Å²) in [5.74, 6) is 0.545. The second-order valence-electron chi connectivity index (χ2n) is 4.95. The molecule has 0 atom stereocenters. The van der Waals surface area contributed by atoms with Gasteiger partial charge in [0, 0.05) is 38.1 Å². The summed E-state index contributed by atoms with van der Waals surface area (Å²) in [7, 11) is 0. The summed E-state index contributed by atoms with van der Waals surface area (Å²) in [6.45, 7) is 3.42. The molecular formula is C16H18N4O. The van der Waals surface area contributed by atoms with Crippen molar-refractivity contribution >= 4 is 11.5 Å². The van der Waals surface area contributed by atoms with E-state index in [4.69, 9.17) is 0 Å². The molecule has 0 bridgehead atoms. The number of amidine groups is 1. The normalized spacial score (nSPS) is 16.1. The highest BCUT2D eigenvalue weighted by Gasteiger charge is 2.21. The van der Waals surface area contributed by atoms with E-state index in [2.05, 4.69) is 44.2 Å². The van der Waals surface area contributed by atoms with Crippen molar-refractivity contribution in [2.75, 3.05) is 31.1 Å². The molecule has 5 heteroatoms. The lowest BCUT2D eigenvalue weighted by Gasteiger charge is -2.37. The first-order valence-electron chi connectivity index (χ1n) is 7.07. The number of hydrogen-bond donors (Lipinski definition) is 1. The largest absolute Gasteiger partial charge is 0.409 e. The van der Waals surface area contributed by atoms with Gasteiger partial charge < -0.3 is 15.0 Å². The Labute approximate surface area is 124 Å². The minimum Gasteiger partial charge on any atom is -0.409 e. The number of nitrogens with zero attached hydrogens (tertiary/aromatic N) is 4. The van der Waals surface area contributed by atoms with E-state index in [1.54, 1.807) is 6.20 Å². The number of benzene rings is 1. The van der Waals surface area contributed by atoms with Crippen LogP contribution in [0.15, 0.2) is 59.9 Å². The van der Waals surface area contributed by atoms with Gasteiger partial charge in [0.25, 0.3) is 0 Å². The smallest absolute Gasteiger partial charge is 0.194 e. The molecule has 1 aromatic heterocycles. The summed E-state index contributed by atoms with van der Waals surface area (Å²) in [5.41, 5.74) is 1.94. The fourth-order valence-corrected chi connectivity index (χ4v) is 2.59. The third-order valence-electron chi connectivity index (χ3n) is 3.69. The van der Waals surface area contributed by atoms with Crippen molar-refractivity contribution in [2.45, 2.75) is 0 Å². The molecule has 21 heavy (non-hydrogen) atoms. The average Bonchev–Trinajstić information content (AvgIpc) is 2.58. The molecule has 0 aliphatic carbocycles. The predicted molar refractivity (Wildman–Crippen MR) is 82.8 cm³/mol. The van der Waals surface area contributed by atoms with E-state index >= 15 is 0 Å². The zero-order valence-electron chi connectivity index (χ0n) is 11.8. The van der Waals surface area contributed by atoms with Gasteiger partial charge in [0.15, 0.2) is 5.84 Å². The zero-order valence-corrected chi connectivity index (χ0v) is 11.8. The molecular weight excluding hydrogens is 264 g/mol. The number of hydrogen-bond acceptors (Lipinski definition) is 4. The first kappa shape index (κ1) is 13.4. The van der Waals surface area contributed by atoms with Crippen molar-refractivity contribution in [1.29, 1.82) is 0 Å². The van der Waals surface area contributed by atoms with Crippen LogP contribution in [0.3, 0.4) is 0 Å². The number of para-hydroxylation sites is 1. The Kier molecular flexibility index (Phi) is 4.00. The molecule has 0 amide bonds. The van der Waals surface area contributed by atoms with E-state index < -0.39 is 0 Å². The maximum atomic E-state index is 9.31. The summed E-state index contributed by atoms with van der Waals surface area (Å²) in [4.78, 5) is 8.66. The Morgan fingerprint density at radius 1 is 0.952 bits per heavy atom. The lowest BCUT2D eigenvalue weighted by atomic mass is 10.2. The Bertz CT molecular complexity index is 592. The summed E-state index contributed by atoms with van der Waals surface area (Å²) < 4.78 is 0. The minimum absolute atomic E-state index is 0.545. The summed E-state index contributed by atoms with van der Waals surface area (Å²) >= 11 is 0. The lowest BCUT2D eigenvalue weighted by molar-refractivity contribution is 0.295. The monoisotopic (exact) mass is 282 g/mol. The Hall–Kier alpha value is -2.56. The van der Waals surface area contributed by atoms with Crippen molar-refractivity contribution < 1.29 is 5.21 Å². The van der Waals surface area contributed by atoms with Gasteiger partial charge in [-0.3, -0.25) is 4.98 Å². The lowest BCUT2D eigenvalue weighted by Crippen LogP contribution is -2.49. The van der Waals surface area contributed by atoms with Gasteiger partial charge in [-0.05, 0) is 24.3 Å². The Morgan fingerprint density at radius 2 is 1.67 bits per heavy atom. The van der Waals surface area contributed by atoms with E-state index in [0.29, 0.717) is 11.5 Å². The van der Waals surface area contributed by atoms with Gasteiger partial charge in [-0.2, -0.15) is 0 Å². The number of pyridine rings is 1. The first-order chi connectivity index (χ1) is 10.4. The second kappa shape index (κ2) is 6.26. The van der Waals surface area contributed by atoms with Gasteiger partial charge in [-0.25, -0.2) is 0 Å². The molecule has 1 N–H and O–H groups in total. The van der Waals surface area contributed by atoms with Gasteiger partial charge in [0.05, 0.1) is 0 Å². The van der Waals surface area contributed by atoms with E-state index in [0.717, 1.165) is 26.2 Å². The summed E-state index contributed by atoms with van der Waals surface area (Å²) in [5, 5.41) is 12.7. The summed E-state index contributed by atoms with van der Waals surface area (Å²) in [6, 6.07) is 16.0. The van der Waals surface area contributed by atoms with Gasteiger partial charge in [0.2, 0.25) is 0 Å².